The summed E-state index contributed by atoms with van der Waals surface area (Å²) in [6.45, 7) is 11.0. The molecule has 0 saturated carbocycles. The van der Waals surface area contributed by atoms with Gasteiger partial charge in [0.25, 0.3) is 5.91 Å². The summed E-state index contributed by atoms with van der Waals surface area (Å²) in [5.41, 5.74) is 6.00. The number of nitrogens with zero attached hydrogens (tertiary/aromatic N) is 1. The molecule has 162 valence electrons. The number of nitrogens with one attached hydrogen (secondary N) is 1. The topological polar surface area (TPSA) is 69.2 Å². The fourth-order valence-corrected chi connectivity index (χ4v) is 2.98. The van der Waals surface area contributed by atoms with Gasteiger partial charge in [-0.05, 0) is 57.4 Å². The standard InChI is InChI=1S/C24H32N2O4/c1-6-10-18-11-13-19(14-12-18)17(5)25-26-24(27)20-15-21(28-7-2)23(30-9-4)22(16-20)29-8-3/h11-16H,6-10H2,1-5H3,(H,26,27). The lowest BCUT2D eigenvalue weighted by atomic mass is 10.1. The molecule has 0 spiro atoms. The van der Waals surface area contributed by atoms with Gasteiger partial charge in [-0.15, -0.1) is 0 Å². The molecule has 6 heteroatoms. The fourth-order valence-electron chi connectivity index (χ4n) is 2.98. The van der Waals surface area contributed by atoms with Crippen molar-refractivity contribution in [3.8, 4) is 17.2 Å². The minimum Gasteiger partial charge on any atom is -0.490 e. The maximum Gasteiger partial charge on any atom is 0.271 e. The van der Waals surface area contributed by atoms with Gasteiger partial charge in [0.2, 0.25) is 5.75 Å². The van der Waals surface area contributed by atoms with Crippen molar-refractivity contribution in [2.24, 2.45) is 5.10 Å². The zero-order chi connectivity index (χ0) is 21.9. The van der Waals surface area contributed by atoms with E-state index < -0.39 is 0 Å². The second kappa shape index (κ2) is 11.9. The van der Waals surface area contributed by atoms with Crippen LogP contribution < -0.4 is 19.6 Å². The monoisotopic (exact) mass is 412 g/mol. The molecule has 1 N–H and O–H groups in total. The van der Waals surface area contributed by atoms with E-state index in [9.17, 15) is 4.79 Å². The van der Waals surface area contributed by atoms with E-state index >= 15 is 0 Å². The number of ether oxygens (including phenoxy) is 3. The molecule has 0 unspecified atom stereocenters. The molecule has 1 amide bonds. The van der Waals surface area contributed by atoms with Crippen LogP contribution in [0.3, 0.4) is 0 Å². The molecular formula is C24H32N2O4. The van der Waals surface area contributed by atoms with Crippen LogP contribution in [0.1, 0.15) is 62.5 Å². The zero-order valence-electron chi connectivity index (χ0n) is 18.6. The predicted octanol–water partition coefficient (Wildman–Crippen LogP) is 4.99. The third kappa shape index (κ3) is 6.24. The molecule has 0 radical (unpaired) electrons. The number of aryl methyl sites for hydroxylation is 1. The van der Waals surface area contributed by atoms with E-state index in [1.165, 1.54) is 5.56 Å². The second-order valence-corrected chi connectivity index (χ2v) is 6.69. The lowest BCUT2D eigenvalue weighted by Gasteiger charge is -2.16. The average molecular weight is 413 g/mol. The van der Waals surface area contributed by atoms with E-state index in [0.717, 1.165) is 24.1 Å². The van der Waals surface area contributed by atoms with Crippen molar-refractivity contribution in [3.05, 3.63) is 53.1 Å². The molecule has 0 bridgehead atoms. The normalized spacial score (nSPS) is 11.2. The lowest BCUT2D eigenvalue weighted by Crippen LogP contribution is -2.20. The van der Waals surface area contributed by atoms with Gasteiger partial charge in [0, 0.05) is 5.56 Å². The summed E-state index contributed by atoms with van der Waals surface area (Å²) in [5.74, 6) is 1.11. The summed E-state index contributed by atoms with van der Waals surface area (Å²) < 4.78 is 17.0. The summed E-state index contributed by atoms with van der Waals surface area (Å²) in [6, 6.07) is 11.5. The molecule has 0 fully saturated rings. The van der Waals surface area contributed by atoms with Gasteiger partial charge in [-0.2, -0.15) is 5.10 Å². The van der Waals surface area contributed by atoms with Gasteiger partial charge in [0.1, 0.15) is 0 Å². The Hall–Kier alpha value is -3.02. The van der Waals surface area contributed by atoms with Crippen molar-refractivity contribution >= 4 is 11.6 Å². The highest BCUT2D eigenvalue weighted by molar-refractivity contribution is 6.01. The SMILES string of the molecule is CCCc1ccc(C(C)=NNC(=O)c2cc(OCC)c(OCC)c(OCC)c2)cc1. The van der Waals surface area contributed by atoms with Gasteiger partial charge < -0.3 is 14.2 Å². The average Bonchev–Trinajstić information content (AvgIpc) is 2.75. The molecule has 0 aliphatic heterocycles. The van der Waals surface area contributed by atoms with Crippen LogP contribution in [0.5, 0.6) is 17.2 Å². The van der Waals surface area contributed by atoms with E-state index in [0.29, 0.717) is 42.6 Å². The largest absolute Gasteiger partial charge is 0.490 e. The number of amides is 1. The number of rotatable bonds is 11. The Morgan fingerprint density at radius 2 is 1.43 bits per heavy atom. The minimum atomic E-state index is -0.345. The van der Waals surface area contributed by atoms with E-state index in [-0.39, 0.29) is 5.91 Å². The molecule has 30 heavy (non-hydrogen) atoms. The summed E-state index contributed by atoms with van der Waals surface area (Å²) in [4.78, 5) is 12.7. The molecule has 2 rings (SSSR count). The maximum absolute atomic E-state index is 12.7. The number of hydrogen-bond acceptors (Lipinski definition) is 5. The minimum absolute atomic E-state index is 0.345. The highest BCUT2D eigenvalue weighted by Gasteiger charge is 2.18. The lowest BCUT2D eigenvalue weighted by molar-refractivity contribution is 0.0953. The highest BCUT2D eigenvalue weighted by Crippen LogP contribution is 2.39. The van der Waals surface area contributed by atoms with Gasteiger partial charge in [-0.1, -0.05) is 37.6 Å². The van der Waals surface area contributed by atoms with Crippen LogP contribution in [-0.2, 0) is 6.42 Å². The van der Waals surface area contributed by atoms with Crippen molar-refractivity contribution in [1.82, 2.24) is 5.43 Å². The van der Waals surface area contributed by atoms with Gasteiger partial charge in [0.05, 0.1) is 25.5 Å². The predicted molar refractivity (Wildman–Crippen MR) is 120 cm³/mol. The first-order valence-corrected chi connectivity index (χ1v) is 10.5. The fraction of sp³-hybridized carbons (Fsp3) is 0.417. The van der Waals surface area contributed by atoms with Crippen molar-refractivity contribution in [3.63, 3.8) is 0 Å². The van der Waals surface area contributed by atoms with Crippen molar-refractivity contribution < 1.29 is 19.0 Å². The number of hydrazone groups is 1. The molecule has 2 aromatic rings. The van der Waals surface area contributed by atoms with Gasteiger partial charge in [-0.3, -0.25) is 4.79 Å². The second-order valence-electron chi connectivity index (χ2n) is 6.69. The smallest absolute Gasteiger partial charge is 0.271 e. The van der Waals surface area contributed by atoms with E-state index in [2.05, 4.69) is 29.6 Å². The van der Waals surface area contributed by atoms with Gasteiger partial charge in [0.15, 0.2) is 11.5 Å². The number of carbonyl (C=O) groups excluding carboxylic acids is 1. The van der Waals surface area contributed by atoms with Crippen LogP contribution in [0.25, 0.3) is 0 Å². The first-order chi connectivity index (χ1) is 14.5. The molecule has 0 saturated heterocycles. The Balaban J connectivity index is 2.23. The summed E-state index contributed by atoms with van der Waals surface area (Å²) >= 11 is 0. The van der Waals surface area contributed by atoms with Crippen LogP contribution in [0.4, 0.5) is 0 Å². The highest BCUT2D eigenvalue weighted by atomic mass is 16.5. The summed E-state index contributed by atoms with van der Waals surface area (Å²) in [7, 11) is 0. The first kappa shape index (κ1) is 23.3. The quantitative estimate of drug-likeness (QED) is 0.417. The number of benzene rings is 2. The van der Waals surface area contributed by atoms with Crippen LogP contribution in [0, 0.1) is 0 Å². The maximum atomic E-state index is 12.7. The number of carbonyl (C=O) groups is 1. The Kier molecular flexibility index (Phi) is 9.19. The van der Waals surface area contributed by atoms with Crippen LogP contribution in [0.15, 0.2) is 41.5 Å². The Morgan fingerprint density at radius 1 is 0.867 bits per heavy atom. The van der Waals surface area contributed by atoms with Crippen molar-refractivity contribution in [2.45, 2.75) is 47.5 Å². The van der Waals surface area contributed by atoms with Crippen molar-refractivity contribution in [2.75, 3.05) is 19.8 Å². The third-order valence-corrected chi connectivity index (χ3v) is 4.41. The van der Waals surface area contributed by atoms with Gasteiger partial charge >= 0.3 is 0 Å². The molecule has 0 atom stereocenters. The van der Waals surface area contributed by atoms with Gasteiger partial charge in [-0.25, -0.2) is 5.43 Å². The number of hydrogen-bond donors (Lipinski definition) is 1. The van der Waals surface area contributed by atoms with Crippen molar-refractivity contribution in [1.29, 1.82) is 0 Å². The van der Waals surface area contributed by atoms with Crippen LogP contribution in [-0.4, -0.2) is 31.4 Å². The molecule has 0 aliphatic carbocycles. The van der Waals surface area contributed by atoms with E-state index in [1.54, 1.807) is 12.1 Å². The third-order valence-electron chi connectivity index (χ3n) is 4.41. The summed E-state index contributed by atoms with van der Waals surface area (Å²) in [5, 5.41) is 4.26. The molecular weight excluding hydrogens is 380 g/mol. The zero-order valence-corrected chi connectivity index (χ0v) is 18.6. The van der Waals surface area contributed by atoms with E-state index in [4.69, 9.17) is 14.2 Å². The Bertz CT molecular complexity index is 833. The Labute approximate surface area is 179 Å². The van der Waals surface area contributed by atoms with E-state index in [1.807, 2.05) is 39.8 Å². The van der Waals surface area contributed by atoms with Crippen LogP contribution >= 0.6 is 0 Å². The molecule has 2 aromatic carbocycles. The molecule has 0 aliphatic rings. The Morgan fingerprint density at radius 3 is 1.93 bits per heavy atom. The molecule has 6 nitrogen and oxygen atoms in total. The van der Waals surface area contributed by atoms with Crippen LogP contribution in [0.2, 0.25) is 0 Å². The molecule has 0 heterocycles. The molecule has 0 aromatic heterocycles. The summed E-state index contributed by atoms with van der Waals surface area (Å²) in [6.07, 6.45) is 2.16. The first-order valence-electron chi connectivity index (χ1n) is 10.5.